The summed E-state index contributed by atoms with van der Waals surface area (Å²) in [6, 6.07) is 5.34. The summed E-state index contributed by atoms with van der Waals surface area (Å²) in [5.41, 5.74) is 3.63. The van der Waals surface area contributed by atoms with E-state index in [2.05, 4.69) is 9.97 Å². The van der Waals surface area contributed by atoms with Gasteiger partial charge in [-0.2, -0.15) is 0 Å². The van der Waals surface area contributed by atoms with Gasteiger partial charge in [0.25, 0.3) is 0 Å². The maximum atomic E-state index is 12.5. The van der Waals surface area contributed by atoms with Gasteiger partial charge in [-0.3, -0.25) is 4.57 Å². The van der Waals surface area contributed by atoms with Crippen LogP contribution >= 0.6 is 0 Å². The average Bonchev–Trinajstić information content (AvgIpc) is 3.27. The van der Waals surface area contributed by atoms with Crippen LogP contribution in [0, 0.1) is 0 Å². The van der Waals surface area contributed by atoms with Gasteiger partial charge in [0.05, 0.1) is 12.7 Å². The van der Waals surface area contributed by atoms with E-state index < -0.39 is 0 Å². The summed E-state index contributed by atoms with van der Waals surface area (Å²) in [4.78, 5) is 33.4. The van der Waals surface area contributed by atoms with E-state index in [0.29, 0.717) is 18.7 Å². The summed E-state index contributed by atoms with van der Waals surface area (Å²) in [5, 5.41) is 0.955. The van der Waals surface area contributed by atoms with Crippen LogP contribution in [-0.4, -0.2) is 45.1 Å². The Labute approximate surface area is 137 Å². The monoisotopic (exact) mass is 324 g/mol. The van der Waals surface area contributed by atoms with Crippen LogP contribution in [0.4, 0.5) is 4.79 Å². The lowest BCUT2D eigenvalue weighted by molar-refractivity contribution is 0.0601. The molecule has 7 heteroatoms. The topological polar surface area (TPSA) is 80.2 Å². The Morgan fingerprint density at radius 3 is 2.96 bits per heavy atom. The number of methoxy groups -OCH3 is 1. The van der Waals surface area contributed by atoms with Crippen LogP contribution in [0.5, 0.6) is 0 Å². The van der Waals surface area contributed by atoms with E-state index >= 15 is 0 Å². The van der Waals surface area contributed by atoms with Crippen LogP contribution in [-0.2, 0) is 17.7 Å². The van der Waals surface area contributed by atoms with Crippen LogP contribution in [0.1, 0.15) is 21.6 Å². The number of carbonyl (C=O) groups excluding carboxylic acids is 2. The van der Waals surface area contributed by atoms with Gasteiger partial charge in [0, 0.05) is 54.1 Å². The number of nitrogens with zero attached hydrogens (tertiary/aromatic N) is 3. The normalized spacial score (nSPS) is 13.8. The van der Waals surface area contributed by atoms with Crippen LogP contribution in [0.2, 0.25) is 0 Å². The number of esters is 1. The first kappa shape index (κ1) is 14.5. The van der Waals surface area contributed by atoms with Crippen molar-refractivity contribution in [3.05, 3.63) is 53.7 Å². The van der Waals surface area contributed by atoms with Crippen molar-refractivity contribution in [1.82, 2.24) is 19.4 Å². The minimum Gasteiger partial charge on any atom is -0.465 e. The second-order valence-electron chi connectivity index (χ2n) is 5.76. The molecule has 0 unspecified atom stereocenters. The molecule has 0 atom stereocenters. The molecule has 0 aliphatic carbocycles. The maximum absolute atomic E-state index is 12.5. The Balaban J connectivity index is 1.71. The molecule has 2 aromatic heterocycles. The molecule has 122 valence electrons. The zero-order valence-corrected chi connectivity index (χ0v) is 13.2. The van der Waals surface area contributed by atoms with Gasteiger partial charge in [-0.1, -0.05) is 0 Å². The zero-order valence-electron chi connectivity index (χ0n) is 13.2. The van der Waals surface area contributed by atoms with Gasteiger partial charge in [0.2, 0.25) is 0 Å². The number of imidazole rings is 1. The van der Waals surface area contributed by atoms with Gasteiger partial charge in [-0.25, -0.2) is 14.6 Å². The van der Waals surface area contributed by atoms with E-state index in [-0.39, 0.29) is 12.0 Å². The highest BCUT2D eigenvalue weighted by atomic mass is 16.5. The molecule has 1 N–H and O–H groups in total. The van der Waals surface area contributed by atoms with Gasteiger partial charge < -0.3 is 14.6 Å². The second kappa shape index (κ2) is 5.52. The Morgan fingerprint density at radius 2 is 2.21 bits per heavy atom. The van der Waals surface area contributed by atoms with Crippen molar-refractivity contribution in [2.45, 2.75) is 13.0 Å². The van der Waals surface area contributed by atoms with Crippen molar-refractivity contribution < 1.29 is 14.3 Å². The second-order valence-corrected chi connectivity index (χ2v) is 5.76. The first-order valence-corrected chi connectivity index (χ1v) is 7.66. The van der Waals surface area contributed by atoms with Crippen LogP contribution in [0.25, 0.3) is 10.9 Å². The van der Waals surface area contributed by atoms with E-state index in [1.807, 2.05) is 12.1 Å². The Morgan fingerprint density at radius 1 is 1.33 bits per heavy atom. The lowest BCUT2D eigenvalue weighted by Gasteiger charge is -2.27. The van der Waals surface area contributed by atoms with Crippen LogP contribution in [0.3, 0.4) is 0 Å². The number of carbonyl (C=O) groups is 2. The standard InChI is InChI=1S/C17H16N4O3/c1-24-16(22)11-2-3-14-12(8-11)13-9-20(6-4-15(13)19-14)17(23)21-7-5-18-10-21/h2-3,5,7-8,10,19H,4,6,9H2,1H3. The highest BCUT2D eigenvalue weighted by Crippen LogP contribution is 2.29. The largest absolute Gasteiger partial charge is 0.465 e. The van der Waals surface area contributed by atoms with Crippen LogP contribution < -0.4 is 0 Å². The van der Waals surface area contributed by atoms with Gasteiger partial charge in [0.15, 0.2) is 0 Å². The molecule has 0 radical (unpaired) electrons. The smallest absolute Gasteiger partial charge is 0.337 e. The van der Waals surface area contributed by atoms with E-state index in [0.717, 1.165) is 28.6 Å². The van der Waals surface area contributed by atoms with Crippen LogP contribution in [0.15, 0.2) is 36.9 Å². The summed E-state index contributed by atoms with van der Waals surface area (Å²) < 4.78 is 6.26. The third kappa shape index (κ3) is 2.25. The molecule has 7 nitrogen and oxygen atoms in total. The summed E-state index contributed by atoms with van der Waals surface area (Å²) in [5.74, 6) is -0.367. The molecule has 1 aromatic carbocycles. The molecule has 0 fully saturated rings. The number of aromatic amines is 1. The minimum atomic E-state index is -0.367. The molecule has 0 saturated carbocycles. The molecule has 3 aromatic rings. The van der Waals surface area contributed by atoms with E-state index in [4.69, 9.17) is 4.74 Å². The third-order valence-corrected chi connectivity index (χ3v) is 4.39. The van der Waals surface area contributed by atoms with Gasteiger partial charge in [-0.05, 0) is 18.2 Å². The molecule has 24 heavy (non-hydrogen) atoms. The molecular formula is C17H16N4O3. The molecule has 0 bridgehead atoms. The van der Waals surface area contributed by atoms with Crippen molar-refractivity contribution in [2.75, 3.05) is 13.7 Å². The number of aromatic nitrogens is 3. The van der Waals surface area contributed by atoms with Crippen molar-refractivity contribution in [3.8, 4) is 0 Å². The molecule has 4 rings (SSSR count). The summed E-state index contributed by atoms with van der Waals surface area (Å²) in [6.07, 6.45) is 5.48. The number of benzene rings is 1. The number of fused-ring (bicyclic) bond motifs is 3. The number of amides is 1. The predicted molar refractivity (Wildman–Crippen MR) is 86.8 cm³/mol. The minimum absolute atomic E-state index is 0.100. The number of hydrogen-bond donors (Lipinski definition) is 1. The fraction of sp³-hybridized carbons (Fsp3) is 0.235. The maximum Gasteiger partial charge on any atom is 0.337 e. The van der Waals surface area contributed by atoms with Crippen molar-refractivity contribution in [1.29, 1.82) is 0 Å². The van der Waals surface area contributed by atoms with Crippen molar-refractivity contribution >= 4 is 22.9 Å². The Kier molecular flexibility index (Phi) is 3.34. The number of ether oxygens (including phenoxy) is 1. The first-order valence-electron chi connectivity index (χ1n) is 7.66. The third-order valence-electron chi connectivity index (χ3n) is 4.39. The Hall–Kier alpha value is -3.09. The summed E-state index contributed by atoms with van der Waals surface area (Å²) in [7, 11) is 1.37. The lowest BCUT2D eigenvalue weighted by Crippen LogP contribution is -2.38. The number of nitrogens with one attached hydrogen (secondary N) is 1. The number of rotatable bonds is 1. The quantitative estimate of drug-likeness (QED) is 0.696. The molecule has 1 aliphatic rings. The molecule has 1 amide bonds. The van der Waals surface area contributed by atoms with E-state index in [1.165, 1.54) is 18.0 Å². The zero-order chi connectivity index (χ0) is 16.7. The van der Waals surface area contributed by atoms with Gasteiger partial charge in [0.1, 0.15) is 6.33 Å². The van der Waals surface area contributed by atoms with Crippen molar-refractivity contribution in [2.24, 2.45) is 0 Å². The van der Waals surface area contributed by atoms with E-state index in [1.54, 1.807) is 23.4 Å². The molecule has 3 heterocycles. The summed E-state index contributed by atoms with van der Waals surface area (Å²) in [6.45, 7) is 1.14. The van der Waals surface area contributed by atoms with E-state index in [9.17, 15) is 9.59 Å². The SMILES string of the molecule is COC(=O)c1ccc2[nH]c3c(c2c1)CN(C(=O)n1ccnc1)CC3. The van der Waals surface area contributed by atoms with Gasteiger partial charge in [-0.15, -0.1) is 0 Å². The first-order chi connectivity index (χ1) is 11.7. The molecular weight excluding hydrogens is 308 g/mol. The molecule has 0 saturated heterocycles. The number of hydrogen-bond acceptors (Lipinski definition) is 4. The fourth-order valence-electron chi connectivity index (χ4n) is 3.16. The number of H-pyrrole nitrogens is 1. The summed E-state index contributed by atoms with van der Waals surface area (Å²) >= 11 is 0. The van der Waals surface area contributed by atoms with Gasteiger partial charge >= 0.3 is 12.0 Å². The molecule has 0 spiro atoms. The Bertz CT molecular complexity index is 927. The predicted octanol–water partition coefficient (Wildman–Crippen LogP) is 2.18. The highest BCUT2D eigenvalue weighted by Gasteiger charge is 2.25. The lowest BCUT2D eigenvalue weighted by atomic mass is 10.0. The highest BCUT2D eigenvalue weighted by molar-refractivity contribution is 5.96. The average molecular weight is 324 g/mol. The van der Waals surface area contributed by atoms with Crippen molar-refractivity contribution in [3.63, 3.8) is 0 Å². The molecule has 1 aliphatic heterocycles. The fourth-order valence-corrected chi connectivity index (χ4v) is 3.16.